The average Bonchev–Trinajstić information content (AvgIpc) is 3.22. The number of hydrogen-bond acceptors (Lipinski definition) is 2. The predicted octanol–water partition coefficient (Wildman–Crippen LogP) is 7.35. The topological polar surface area (TPSA) is 52.5 Å². The zero-order valence-corrected chi connectivity index (χ0v) is 17.7. The third-order valence-electron chi connectivity index (χ3n) is 6.26. The van der Waals surface area contributed by atoms with Crippen molar-refractivity contribution in [1.82, 2.24) is 4.57 Å². The molecular weight excluding hydrogens is 402 g/mol. The van der Waals surface area contributed by atoms with E-state index in [1.165, 1.54) is 21.8 Å². The summed E-state index contributed by atoms with van der Waals surface area (Å²) in [6, 6.07) is 39.2. The number of fused-ring (bicyclic) bond motifs is 4. The van der Waals surface area contributed by atoms with Crippen LogP contribution in [-0.4, -0.2) is 4.57 Å². The van der Waals surface area contributed by atoms with Crippen molar-refractivity contribution >= 4 is 32.6 Å². The molecule has 0 bridgehead atoms. The Hall–Kier alpha value is -4.86. The zero-order valence-electron chi connectivity index (χ0n) is 17.7. The van der Waals surface area contributed by atoms with E-state index in [9.17, 15) is 10.5 Å². The minimum atomic E-state index is 0.510. The lowest BCUT2D eigenvalue weighted by atomic mass is 9.93. The van der Waals surface area contributed by atoms with Gasteiger partial charge >= 0.3 is 0 Å². The van der Waals surface area contributed by atoms with Crippen LogP contribution in [0.1, 0.15) is 11.1 Å². The van der Waals surface area contributed by atoms with E-state index in [-0.39, 0.29) is 0 Å². The Morgan fingerprint density at radius 2 is 1.12 bits per heavy atom. The predicted molar refractivity (Wildman–Crippen MR) is 133 cm³/mol. The summed E-state index contributed by atoms with van der Waals surface area (Å²) in [5, 5.41) is 23.8. The van der Waals surface area contributed by atoms with E-state index < -0.39 is 0 Å². The van der Waals surface area contributed by atoms with Gasteiger partial charge in [0.25, 0.3) is 0 Å². The van der Waals surface area contributed by atoms with E-state index in [4.69, 9.17) is 0 Å². The van der Waals surface area contributed by atoms with Crippen LogP contribution in [0.15, 0.2) is 103 Å². The van der Waals surface area contributed by atoms with Crippen LogP contribution in [0.5, 0.6) is 0 Å². The largest absolute Gasteiger partial charge is 0.309 e. The van der Waals surface area contributed by atoms with Gasteiger partial charge in [-0.2, -0.15) is 10.5 Å². The maximum absolute atomic E-state index is 9.57. The minimum absolute atomic E-state index is 0.510. The van der Waals surface area contributed by atoms with Crippen LogP contribution < -0.4 is 0 Å². The summed E-state index contributed by atoms with van der Waals surface area (Å²) in [6.45, 7) is 0. The number of benzene rings is 5. The van der Waals surface area contributed by atoms with Crippen LogP contribution in [0, 0.1) is 22.7 Å². The van der Waals surface area contributed by atoms with Gasteiger partial charge < -0.3 is 4.57 Å². The van der Waals surface area contributed by atoms with E-state index in [1.807, 2.05) is 6.07 Å². The van der Waals surface area contributed by atoms with Crippen molar-refractivity contribution in [2.24, 2.45) is 0 Å². The first-order valence-electron chi connectivity index (χ1n) is 10.7. The van der Waals surface area contributed by atoms with E-state index in [2.05, 4.69) is 95.6 Å². The third-order valence-corrected chi connectivity index (χ3v) is 6.26. The van der Waals surface area contributed by atoms with Crippen molar-refractivity contribution in [2.75, 3.05) is 0 Å². The molecule has 6 aromatic rings. The Kier molecular flexibility index (Phi) is 4.22. The van der Waals surface area contributed by atoms with E-state index in [0.29, 0.717) is 16.7 Å². The fraction of sp³-hybridized carbons (Fsp3) is 0. The molecule has 6 rings (SSSR count). The molecule has 152 valence electrons. The summed E-state index contributed by atoms with van der Waals surface area (Å²) in [5.74, 6) is 0. The maximum atomic E-state index is 9.57. The second-order valence-electron chi connectivity index (χ2n) is 8.07. The summed E-state index contributed by atoms with van der Waals surface area (Å²) >= 11 is 0. The minimum Gasteiger partial charge on any atom is -0.309 e. The molecule has 0 unspecified atom stereocenters. The molecule has 0 aliphatic rings. The average molecular weight is 419 g/mol. The van der Waals surface area contributed by atoms with Crippen molar-refractivity contribution in [2.45, 2.75) is 0 Å². The molecule has 0 saturated carbocycles. The van der Waals surface area contributed by atoms with Crippen LogP contribution >= 0.6 is 0 Å². The van der Waals surface area contributed by atoms with E-state index >= 15 is 0 Å². The van der Waals surface area contributed by atoms with Crippen LogP contribution in [0.2, 0.25) is 0 Å². The first-order chi connectivity index (χ1) is 16.3. The summed E-state index contributed by atoms with van der Waals surface area (Å²) < 4.78 is 2.30. The molecule has 1 aromatic heterocycles. The fourth-order valence-electron chi connectivity index (χ4n) is 4.78. The van der Waals surface area contributed by atoms with Crippen LogP contribution in [-0.2, 0) is 0 Å². The highest BCUT2D eigenvalue weighted by molar-refractivity contribution is 6.09. The standard InChI is InChI=1S/C30H17N3/c31-18-23-6-5-7-24(19-32)30(23)22-13-12-21-17-25(15-14-20(21)16-22)33-28-10-3-1-8-26(28)27-9-2-4-11-29(27)33/h1-17H. The smallest absolute Gasteiger partial charge is 0.0998 e. The van der Waals surface area contributed by atoms with Gasteiger partial charge in [-0.25, -0.2) is 0 Å². The third kappa shape index (κ3) is 2.88. The van der Waals surface area contributed by atoms with Gasteiger partial charge in [0.05, 0.1) is 34.3 Å². The number of rotatable bonds is 2. The maximum Gasteiger partial charge on any atom is 0.0998 e. The molecule has 0 N–H and O–H groups in total. The zero-order chi connectivity index (χ0) is 22.4. The van der Waals surface area contributed by atoms with Crippen molar-refractivity contribution in [3.8, 4) is 29.0 Å². The van der Waals surface area contributed by atoms with E-state index in [0.717, 1.165) is 22.0 Å². The Morgan fingerprint density at radius 3 is 1.76 bits per heavy atom. The Balaban J connectivity index is 1.56. The van der Waals surface area contributed by atoms with Crippen molar-refractivity contribution < 1.29 is 0 Å². The van der Waals surface area contributed by atoms with E-state index in [1.54, 1.807) is 18.2 Å². The van der Waals surface area contributed by atoms with Gasteiger partial charge in [-0.3, -0.25) is 0 Å². The van der Waals surface area contributed by atoms with Crippen LogP contribution in [0.25, 0.3) is 49.4 Å². The summed E-state index contributed by atoms with van der Waals surface area (Å²) in [6.07, 6.45) is 0. The first kappa shape index (κ1) is 18.9. The van der Waals surface area contributed by atoms with Gasteiger partial charge in [-0.1, -0.05) is 60.7 Å². The van der Waals surface area contributed by atoms with Gasteiger partial charge in [0.15, 0.2) is 0 Å². The number of aromatic nitrogens is 1. The van der Waals surface area contributed by atoms with Crippen molar-refractivity contribution in [3.05, 3.63) is 114 Å². The van der Waals surface area contributed by atoms with Gasteiger partial charge in [0, 0.05) is 22.0 Å². The lowest BCUT2D eigenvalue weighted by Crippen LogP contribution is -1.94. The summed E-state index contributed by atoms with van der Waals surface area (Å²) in [4.78, 5) is 0. The van der Waals surface area contributed by atoms with Crippen LogP contribution in [0.4, 0.5) is 0 Å². The van der Waals surface area contributed by atoms with Gasteiger partial charge in [-0.15, -0.1) is 0 Å². The normalized spacial score (nSPS) is 11.0. The highest BCUT2D eigenvalue weighted by Gasteiger charge is 2.13. The molecule has 5 aromatic carbocycles. The van der Waals surface area contributed by atoms with Crippen LogP contribution in [0.3, 0.4) is 0 Å². The second-order valence-corrected chi connectivity index (χ2v) is 8.07. The first-order valence-corrected chi connectivity index (χ1v) is 10.7. The molecule has 0 spiro atoms. The SMILES string of the molecule is N#Cc1cccc(C#N)c1-c1ccc2cc(-n3c4ccccc4c4ccccc43)ccc2c1. The molecule has 1 heterocycles. The quantitative estimate of drug-likeness (QED) is 0.295. The van der Waals surface area contributed by atoms with Gasteiger partial charge in [0.1, 0.15) is 0 Å². The number of hydrogen-bond donors (Lipinski definition) is 0. The Morgan fingerprint density at radius 1 is 0.545 bits per heavy atom. The van der Waals surface area contributed by atoms with Crippen molar-refractivity contribution in [3.63, 3.8) is 0 Å². The molecule has 3 heteroatoms. The van der Waals surface area contributed by atoms with Gasteiger partial charge in [-0.05, 0) is 58.8 Å². The monoisotopic (exact) mass is 419 g/mol. The summed E-state index contributed by atoms with van der Waals surface area (Å²) in [7, 11) is 0. The van der Waals surface area contributed by atoms with Gasteiger partial charge in [0.2, 0.25) is 0 Å². The molecule has 0 radical (unpaired) electrons. The Labute approximate surface area is 191 Å². The molecule has 0 aliphatic heterocycles. The second kappa shape index (κ2) is 7.38. The molecule has 0 aliphatic carbocycles. The fourth-order valence-corrected chi connectivity index (χ4v) is 4.78. The number of nitrogens with zero attached hydrogens (tertiary/aromatic N) is 3. The Bertz CT molecular complexity index is 1710. The lowest BCUT2D eigenvalue weighted by Gasteiger charge is -2.11. The molecule has 0 amide bonds. The number of nitriles is 2. The summed E-state index contributed by atoms with van der Waals surface area (Å²) in [5.41, 5.74) is 6.04. The molecule has 0 atom stereocenters. The molecule has 0 fully saturated rings. The molecule has 0 saturated heterocycles. The lowest BCUT2D eigenvalue weighted by molar-refractivity contribution is 1.19. The molecule has 33 heavy (non-hydrogen) atoms. The molecule has 3 nitrogen and oxygen atoms in total. The highest BCUT2D eigenvalue weighted by atomic mass is 15.0. The highest BCUT2D eigenvalue weighted by Crippen LogP contribution is 2.34. The molecular formula is C30H17N3. The van der Waals surface area contributed by atoms with Crippen molar-refractivity contribution in [1.29, 1.82) is 10.5 Å². The number of para-hydroxylation sites is 2.